The van der Waals surface area contributed by atoms with Gasteiger partial charge in [0.05, 0.1) is 17.3 Å². The standard InChI is InChI=1S/C23H17ClN2O4/c1-13-4-9-18(27)17(11-13)26-20(15-3-2-10-25-12-15)19(22(29)23(26)30)21(28)14-5-7-16(24)8-6-14/h2-12,20,27-28H,1H3/b21-19+. The smallest absolute Gasteiger partial charge is 0.300 e. The first-order chi connectivity index (χ1) is 14.4. The second-order valence-electron chi connectivity index (χ2n) is 6.95. The number of aliphatic hydroxyl groups excluding tert-OH is 1. The molecule has 2 N–H and O–H groups in total. The third-order valence-electron chi connectivity index (χ3n) is 4.95. The molecule has 1 aliphatic heterocycles. The molecule has 4 rings (SSSR count). The molecule has 0 saturated carbocycles. The number of ketones is 1. The van der Waals surface area contributed by atoms with E-state index in [0.717, 1.165) is 5.56 Å². The number of phenolic OH excluding ortho intramolecular Hbond substituents is 1. The number of nitrogens with zero attached hydrogens (tertiary/aromatic N) is 2. The van der Waals surface area contributed by atoms with Gasteiger partial charge in [-0.05, 0) is 60.5 Å². The highest BCUT2D eigenvalue weighted by molar-refractivity contribution is 6.52. The Labute approximate surface area is 177 Å². The molecule has 30 heavy (non-hydrogen) atoms. The SMILES string of the molecule is Cc1ccc(O)c(N2C(=O)C(=O)/C(=C(/O)c3ccc(Cl)cc3)C2c2cccnc2)c1. The predicted octanol–water partition coefficient (Wildman–Crippen LogP) is 4.38. The van der Waals surface area contributed by atoms with Crippen molar-refractivity contribution in [2.24, 2.45) is 0 Å². The molecule has 0 radical (unpaired) electrons. The third-order valence-corrected chi connectivity index (χ3v) is 5.20. The van der Waals surface area contributed by atoms with E-state index in [9.17, 15) is 19.8 Å². The maximum absolute atomic E-state index is 13.0. The number of aromatic hydroxyl groups is 1. The second kappa shape index (κ2) is 7.65. The van der Waals surface area contributed by atoms with Crippen molar-refractivity contribution in [2.75, 3.05) is 4.90 Å². The van der Waals surface area contributed by atoms with Crippen molar-refractivity contribution in [2.45, 2.75) is 13.0 Å². The molecule has 0 aliphatic carbocycles. The Morgan fingerprint density at radius 2 is 1.83 bits per heavy atom. The van der Waals surface area contributed by atoms with Crippen molar-refractivity contribution in [1.82, 2.24) is 4.98 Å². The molecule has 1 aromatic heterocycles. The molecular formula is C23H17ClN2O4. The van der Waals surface area contributed by atoms with E-state index in [1.54, 1.807) is 54.7 Å². The number of aryl methyl sites for hydroxylation is 1. The first-order valence-corrected chi connectivity index (χ1v) is 9.52. The highest BCUT2D eigenvalue weighted by Crippen LogP contribution is 2.44. The summed E-state index contributed by atoms with van der Waals surface area (Å²) in [6, 6.07) is 13.5. The number of carbonyl (C=O) groups excluding carboxylic acids is 2. The van der Waals surface area contributed by atoms with Crippen LogP contribution in [-0.4, -0.2) is 26.9 Å². The molecular weight excluding hydrogens is 404 g/mol. The zero-order valence-corrected chi connectivity index (χ0v) is 16.7. The molecule has 1 fully saturated rings. The number of benzene rings is 2. The summed E-state index contributed by atoms with van der Waals surface area (Å²) in [6.07, 6.45) is 3.09. The average Bonchev–Trinajstić information content (AvgIpc) is 3.01. The topological polar surface area (TPSA) is 90.7 Å². The molecule has 7 heteroatoms. The van der Waals surface area contributed by atoms with Gasteiger partial charge < -0.3 is 10.2 Å². The number of hydrogen-bond acceptors (Lipinski definition) is 5. The number of halogens is 1. The number of aromatic nitrogens is 1. The molecule has 3 aromatic rings. The summed E-state index contributed by atoms with van der Waals surface area (Å²) in [5.74, 6) is -2.17. The number of aliphatic hydroxyl groups is 1. The molecule has 150 valence electrons. The molecule has 1 atom stereocenters. The third kappa shape index (κ3) is 3.31. The van der Waals surface area contributed by atoms with E-state index >= 15 is 0 Å². The number of hydrogen-bond donors (Lipinski definition) is 2. The summed E-state index contributed by atoms with van der Waals surface area (Å²) in [5.41, 5.74) is 1.76. The monoisotopic (exact) mass is 420 g/mol. The molecule has 0 spiro atoms. The van der Waals surface area contributed by atoms with Crippen LogP contribution in [0.15, 0.2) is 72.6 Å². The van der Waals surface area contributed by atoms with Gasteiger partial charge in [0.1, 0.15) is 11.5 Å². The molecule has 6 nitrogen and oxygen atoms in total. The summed E-state index contributed by atoms with van der Waals surface area (Å²) in [5, 5.41) is 21.9. The number of amides is 1. The van der Waals surface area contributed by atoms with Gasteiger partial charge in [0.15, 0.2) is 0 Å². The van der Waals surface area contributed by atoms with Crippen LogP contribution in [0.2, 0.25) is 5.02 Å². The Morgan fingerprint density at radius 3 is 2.50 bits per heavy atom. The van der Waals surface area contributed by atoms with Crippen LogP contribution in [0.25, 0.3) is 5.76 Å². The number of phenols is 1. The van der Waals surface area contributed by atoms with Crippen molar-refractivity contribution in [3.8, 4) is 5.75 Å². The van der Waals surface area contributed by atoms with Gasteiger partial charge in [0, 0.05) is 23.0 Å². The Kier molecular flexibility index (Phi) is 5.01. The number of pyridine rings is 1. The normalized spacial score (nSPS) is 18.1. The Morgan fingerprint density at radius 1 is 1.10 bits per heavy atom. The molecule has 0 bridgehead atoms. The van der Waals surface area contributed by atoms with Gasteiger partial charge in [-0.1, -0.05) is 23.7 Å². The fraction of sp³-hybridized carbons (Fsp3) is 0.0870. The van der Waals surface area contributed by atoms with E-state index in [4.69, 9.17) is 11.6 Å². The maximum Gasteiger partial charge on any atom is 0.300 e. The van der Waals surface area contributed by atoms with Crippen LogP contribution >= 0.6 is 11.6 Å². The van der Waals surface area contributed by atoms with E-state index in [0.29, 0.717) is 16.1 Å². The fourth-order valence-corrected chi connectivity index (χ4v) is 3.65. The number of carbonyl (C=O) groups is 2. The van der Waals surface area contributed by atoms with Crippen molar-refractivity contribution in [3.05, 3.63) is 94.3 Å². The summed E-state index contributed by atoms with van der Waals surface area (Å²) >= 11 is 5.92. The molecule has 2 aromatic carbocycles. The molecule has 1 unspecified atom stereocenters. The zero-order chi connectivity index (χ0) is 21.4. The Bertz CT molecular complexity index is 1170. The van der Waals surface area contributed by atoms with E-state index in [1.165, 1.54) is 17.2 Å². The van der Waals surface area contributed by atoms with Gasteiger partial charge >= 0.3 is 0 Å². The summed E-state index contributed by atoms with van der Waals surface area (Å²) < 4.78 is 0. The summed E-state index contributed by atoms with van der Waals surface area (Å²) in [7, 11) is 0. The molecule has 1 aliphatic rings. The summed E-state index contributed by atoms with van der Waals surface area (Å²) in [4.78, 5) is 31.3. The van der Waals surface area contributed by atoms with Crippen LogP contribution in [0, 0.1) is 6.92 Å². The summed E-state index contributed by atoms with van der Waals surface area (Å²) in [6.45, 7) is 1.81. The van der Waals surface area contributed by atoms with E-state index in [1.807, 2.05) is 6.92 Å². The lowest BCUT2D eigenvalue weighted by Crippen LogP contribution is -2.29. The molecule has 1 saturated heterocycles. The van der Waals surface area contributed by atoms with Crippen LogP contribution in [0.4, 0.5) is 5.69 Å². The van der Waals surface area contributed by atoms with Crippen molar-refractivity contribution in [1.29, 1.82) is 0 Å². The Balaban J connectivity index is 1.97. The quantitative estimate of drug-likeness (QED) is 0.373. The lowest BCUT2D eigenvalue weighted by Gasteiger charge is -2.26. The van der Waals surface area contributed by atoms with Gasteiger partial charge in [-0.25, -0.2) is 0 Å². The van der Waals surface area contributed by atoms with Crippen molar-refractivity contribution >= 4 is 34.7 Å². The minimum atomic E-state index is -0.956. The van der Waals surface area contributed by atoms with Crippen molar-refractivity contribution in [3.63, 3.8) is 0 Å². The number of rotatable bonds is 3. The second-order valence-corrected chi connectivity index (χ2v) is 7.39. The maximum atomic E-state index is 13.0. The minimum Gasteiger partial charge on any atom is -0.507 e. The van der Waals surface area contributed by atoms with E-state index < -0.39 is 17.7 Å². The lowest BCUT2D eigenvalue weighted by molar-refractivity contribution is -0.132. The van der Waals surface area contributed by atoms with Crippen LogP contribution < -0.4 is 4.90 Å². The van der Waals surface area contributed by atoms with Crippen LogP contribution in [0.5, 0.6) is 5.75 Å². The van der Waals surface area contributed by atoms with Crippen LogP contribution in [0.3, 0.4) is 0 Å². The number of anilines is 1. The zero-order valence-electron chi connectivity index (χ0n) is 15.9. The van der Waals surface area contributed by atoms with Gasteiger partial charge in [0.25, 0.3) is 11.7 Å². The lowest BCUT2D eigenvalue weighted by atomic mass is 9.96. The first-order valence-electron chi connectivity index (χ1n) is 9.15. The molecule has 1 amide bonds. The molecule has 2 heterocycles. The van der Waals surface area contributed by atoms with Gasteiger partial charge in [-0.3, -0.25) is 19.5 Å². The van der Waals surface area contributed by atoms with E-state index in [2.05, 4.69) is 4.98 Å². The van der Waals surface area contributed by atoms with Gasteiger partial charge in [0.2, 0.25) is 0 Å². The number of Topliss-reactive ketones (excluding diaryl/α,β-unsaturated/α-hetero) is 1. The van der Waals surface area contributed by atoms with Crippen LogP contribution in [-0.2, 0) is 9.59 Å². The van der Waals surface area contributed by atoms with Gasteiger partial charge in [-0.2, -0.15) is 0 Å². The fourth-order valence-electron chi connectivity index (χ4n) is 3.52. The average molecular weight is 421 g/mol. The highest BCUT2D eigenvalue weighted by Gasteiger charge is 2.47. The van der Waals surface area contributed by atoms with Crippen LogP contribution in [0.1, 0.15) is 22.7 Å². The minimum absolute atomic E-state index is 0.0868. The predicted molar refractivity (Wildman–Crippen MR) is 113 cm³/mol. The van der Waals surface area contributed by atoms with Crippen molar-refractivity contribution < 1.29 is 19.8 Å². The van der Waals surface area contributed by atoms with Gasteiger partial charge in [-0.15, -0.1) is 0 Å². The first kappa shape index (κ1) is 19.7. The Hall–Kier alpha value is -3.64. The largest absolute Gasteiger partial charge is 0.507 e. The van der Waals surface area contributed by atoms with E-state index in [-0.39, 0.29) is 22.8 Å². The highest BCUT2D eigenvalue weighted by atomic mass is 35.5.